The van der Waals surface area contributed by atoms with Crippen LogP contribution in [0.4, 0.5) is 0 Å². The molecule has 2 atom stereocenters. The number of hydrogen-bond acceptors (Lipinski definition) is 4. The summed E-state index contributed by atoms with van der Waals surface area (Å²) in [6, 6.07) is 0. The highest BCUT2D eigenvalue weighted by Crippen LogP contribution is 2.40. The van der Waals surface area contributed by atoms with E-state index in [-0.39, 0.29) is 18.1 Å². The van der Waals surface area contributed by atoms with Gasteiger partial charge in [0.15, 0.2) is 0 Å². The first-order chi connectivity index (χ1) is 7.76. The zero-order valence-corrected chi connectivity index (χ0v) is 10.4. The summed E-state index contributed by atoms with van der Waals surface area (Å²) in [5.74, 6) is 2.72. The number of ether oxygens (including phenoxy) is 1. The maximum absolute atomic E-state index is 11.9. The molecule has 2 fully saturated rings. The molecule has 4 heteroatoms. The van der Waals surface area contributed by atoms with Gasteiger partial charge in [-0.05, 0) is 31.4 Å². The summed E-state index contributed by atoms with van der Waals surface area (Å²) in [4.78, 5) is 11.9. The molecule has 0 aromatic carbocycles. The van der Waals surface area contributed by atoms with Crippen LogP contribution in [-0.4, -0.2) is 41.2 Å². The van der Waals surface area contributed by atoms with Crippen molar-refractivity contribution < 1.29 is 14.6 Å². The molecule has 2 saturated heterocycles. The van der Waals surface area contributed by atoms with Crippen LogP contribution < -0.4 is 0 Å². The molecule has 16 heavy (non-hydrogen) atoms. The molecule has 2 unspecified atom stereocenters. The second-order valence-electron chi connectivity index (χ2n) is 4.82. The maximum Gasteiger partial charge on any atom is 0.136 e. The van der Waals surface area contributed by atoms with Crippen LogP contribution in [0.5, 0.6) is 0 Å². The highest BCUT2D eigenvalue weighted by Gasteiger charge is 2.41. The first kappa shape index (κ1) is 12.4. The van der Waals surface area contributed by atoms with E-state index < -0.39 is 0 Å². The van der Waals surface area contributed by atoms with Gasteiger partial charge in [0.2, 0.25) is 0 Å². The highest BCUT2D eigenvalue weighted by atomic mass is 32.2. The molecule has 1 spiro atoms. The molecule has 0 aromatic rings. The average molecular weight is 244 g/mol. The molecule has 3 nitrogen and oxygen atoms in total. The van der Waals surface area contributed by atoms with Crippen molar-refractivity contribution in [1.82, 2.24) is 0 Å². The maximum atomic E-state index is 11.9. The molecule has 0 saturated carbocycles. The van der Waals surface area contributed by atoms with Crippen molar-refractivity contribution in [1.29, 1.82) is 0 Å². The second-order valence-corrected chi connectivity index (χ2v) is 5.92. The average Bonchev–Trinajstić information content (AvgIpc) is 2.74. The van der Waals surface area contributed by atoms with Crippen LogP contribution in [0.3, 0.4) is 0 Å². The molecule has 0 aliphatic carbocycles. The number of thioether (sulfide) groups is 1. The first-order valence-corrected chi connectivity index (χ1v) is 7.26. The molecule has 2 rings (SSSR count). The number of ketones is 1. The van der Waals surface area contributed by atoms with E-state index in [1.54, 1.807) is 0 Å². The quantitative estimate of drug-likeness (QED) is 0.816. The first-order valence-electron chi connectivity index (χ1n) is 6.11. The van der Waals surface area contributed by atoms with E-state index in [1.165, 1.54) is 0 Å². The van der Waals surface area contributed by atoms with E-state index in [2.05, 4.69) is 0 Å². The molecule has 0 radical (unpaired) electrons. The Morgan fingerprint density at radius 2 is 2.44 bits per heavy atom. The van der Waals surface area contributed by atoms with E-state index in [1.807, 2.05) is 11.8 Å². The van der Waals surface area contributed by atoms with Crippen molar-refractivity contribution in [2.24, 2.45) is 5.92 Å². The summed E-state index contributed by atoms with van der Waals surface area (Å²) in [6.07, 6.45) is 4.02. The van der Waals surface area contributed by atoms with E-state index in [0.717, 1.165) is 37.4 Å². The molecule has 2 heterocycles. The van der Waals surface area contributed by atoms with Crippen molar-refractivity contribution in [2.45, 2.75) is 37.7 Å². The summed E-state index contributed by atoms with van der Waals surface area (Å²) in [5, 5.41) is 8.74. The van der Waals surface area contributed by atoms with Gasteiger partial charge < -0.3 is 9.84 Å². The number of Topliss-reactive ketones (excluding diaryl/α,β-unsaturated/α-hetero) is 1. The minimum Gasteiger partial charge on any atom is -0.396 e. The number of rotatable bonds is 4. The van der Waals surface area contributed by atoms with Crippen molar-refractivity contribution in [3.63, 3.8) is 0 Å². The van der Waals surface area contributed by atoms with E-state index >= 15 is 0 Å². The van der Waals surface area contributed by atoms with Crippen molar-refractivity contribution in [3.05, 3.63) is 0 Å². The summed E-state index contributed by atoms with van der Waals surface area (Å²) >= 11 is 1.93. The summed E-state index contributed by atoms with van der Waals surface area (Å²) in [7, 11) is 0. The van der Waals surface area contributed by atoms with Crippen molar-refractivity contribution >= 4 is 17.5 Å². The van der Waals surface area contributed by atoms with E-state index in [9.17, 15) is 4.79 Å². The van der Waals surface area contributed by atoms with Crippen molar-refractivity contribution in [2.75, 3.05) is 24.7 Å². The Morgan fingerprint density at radius 3 is 3.12 bits per heavy atom. The second kappa shape index (κ2) is 5.52. The van der Waals surface area contributed by atoms with Crippen LogP contribution in [0.25, 0.3) is 0 Å². The number of hydrogen-bond donors (Lipinski definition) is 1. The van der Waals surface area contributed by atoms with Gasteiger partial charge in [0.1, 0.15) is 5.78 Å². The molecule has 92 valence electrons. The van der Waals surface area contributed by atoms with Crippen LogP contribution in [0.2, 0.25) is 0 Å². The number of carbonyl (C=O) groups is 1. The largest absolute Gasteiger partial charge is 0.396 e. The third-order valence-corrected chi connectivity index (χ3v) is 4.82. The monoisotopic (exact) mass is 244 g/mol. The fraction of sp³-hybridized carbons (Fsp3) is 0.917. The lowest BCUT2D eigenvalue weighted by molar-refractivity contribution is -0.134. The van der Waals surface area contributed by atoms with Crippen LogP contribution >= 0.6 is 11.8 Å². The Morgan fingerprint density at radius 1 is 1.56 bits per heavy atom. The van der Waals surface area contributed by atoms with Gasteiger partial charge in [-0.25, -0.2) is 0 Å². The Bertz CT molecular complexity index is 249. The topological polar surface area (TPSA) is 46.5 Å². The van der Waals surface area contributed by atoms with E-state index in [4.69, 9.17) is 9.84 Å². The van der Waals surface area contributed by atoms with Gasteiger partial charge >= 0.3 is 0 Å². The van der Waals surface area contributed by atoms with Gasteiger partial charge in [-0.3, -0.25) is 4.79 Å². The van der Waals surface area contributed by atoms with Crippen LogP contribution in [0, 0.1) is 5.92 Å². The predicted molar refractivity (Wildman–Crippen MR) is 64.7 cm³/mol. The molecule has 1 N–H and O–H groups in total. The number of carbonyl (C=O) groups excluding carboxylic acids is 1. The third kappa shape index (κ3) is 2.79. The van der Waals surface area contributed by atoms with Crippen LogP contribution in [0.15, 0.2) is 0 Å². The van der Waals surface area contributed by atoms with E-state index in [0.29, 0.717) is 18.6 Å². The minimum absolute atomic E-state index is 0.00244. The summed E-state index contributed by atoms with van der Waals surface area (Å²) in [6.45, 7) is 0.853. The zero-order chi connectivity index (χ0) is 11.4. The number of aliphatic hydroxyl groups is 1. The Kier molecular flexibility index (Phi) is 4.27. The molecular formula is C12H20O3S. The van der Waals surface area contributed by atoms with Gasteiger partial charge in [-0.2, -0.15) is 11.8 Å². The fourth-order valence-corrected chi connectivity index (χ4v) is 4.00. The standard InChI is InChI=1S/C12H20O3S/c13-5-1-2-11(14)10-3-6-15-12(8-10)4-7-16-9-12/h10,13H,1-9H2. The Hall–Kier alpha value is -0.0600. The minimum atomic E-state index is 0.00244. The normalized spacial score (nSPS) is 34.4. The molecule has 2 aliphatic rings. The van der Waals surface area contributed by atoms with Crippen LogP contribution in [0.1, 0.15) is 32.1 Å². The molecule has 2 aliphatic heterocycles. The summed E-state index contributed by atoms with van der Waals surface area (Å²) < 4.78 is 5.89. The van der Waals surface area contributed by atoms with Gasteiger partial charge in [0.25, 0.3) is 0 Å². The Balaban J connectivity index is 1.88. The Labute approximate surface area is 101 Å². The fourth-order valence-electron chi connectivity index (χ4n) is 2.62. The molecular weight excluding hydrogens is 224 g/mol. The highest BCUT2D eigenvalue weighted by molar-refractivity contribution is 7.99. The predicted octanol–water partition coefficient (Wildman–Crippen LogP) is 1.63. The van der Waals surface area contributed by atoms with Gasteiger partial charge in [0.05, 0.1) is 5.60 Å². The van der Waals surface area contributed by atoms with Crippen molar-refractivity contribution in [3.8, 4) is 0 Å². The molecule has 0 amide bonds. The lowest BCUT2D eigenvalue weighted by Gasteiger charge is -2.37. The lowest BCUT2D eigenvalue weighted by Crippen LogP contribution is -2.42. The van der Waals surface area contributed by atoms with Gasteiger partial charge in [-0.15, -0.1) is 0 Å². The molecule has 0 aromatic heterocycles. The smallest absolute Gasteiger partial charge is 0.136 e. The summed E-state index contributed by atoms with van der Waals surface area (Å²) in [5.41, 5.74) is 0.00244. The van der Waals surface area contributed by atoms with Crippen LogP contribution in [-0.2, 0) is 9.53 Å². The third-order valence-electron chi connectivity index (χ3n) is 3.60. The SMILES string of the molecule is O=C(CCCO)C1CCOC2(CCSC2)C1. The zero-order valence-electron chi connectivity index (χ0n) is 9.61. The van der Waals surface area contributed by atoms with Gasteiger partial charge in [-0.1, -0.05) is 0 Å². The van der Waals surface area contributed by atoms with Gasteiger partial charge in [0, 0.05) is 31.3 Å². The number of aliphatic hydroxyl groups excluding tert-OH is 1. The molecule has 0 bridgehead atoms. The lowest BCUT2D eigenvalue weighted by atomic mass is 9.82.